The summed E-state index contributed by atoms with van der Waals surface area (Å²) in [6.07, 6.45) is 3.88. The second-order valence-corrected chi connectivity index (χ2v) is 5.07. The summed E-state index contributed by atoms with van der Waals surface area (Å²) in [5.74, 6) is 7.00. The number of aromatic nitrogens is 2. The van der Waals surface area contributed by atoms with Gasteiger partial charge in [-0.3, -0.25) is 10.5 Å². The molecular weight excluding hydrogens is 244 g/mol. The number of methoxy groups -OCH3 is 1. The van der Waals surface area contributed by atoms with Gasteiger partial charge in [-0.15, -0.1) is 0 Å². The Bertz CT molecular complexity index is 407. The maximum absolute atomic E-state index is 5.84. The molecule has 2 rings (SSSR count). The highest BCUT2D eigenvalue weighted by molar-refractivity contribution is 5.29. The quantitative estimate of drug-likeness (QED) is 0.599. The van der Waals surface area contributed by atoms with Crippen molar-refractivity contribution < 1.29 is 9.47 Å². The summed E-state index contributed by atoms with van der Waals surface area (Å²) in [5, 5.41) is 4.38. The third-order valence-electron chi connectivity index (χ3n) is 3.75. The van der Waals surface area contributed by atoms with Gasteiger partial charge in [-0.2, -0.15) is 5.10 Å². The van der Waals surface area contributed by atoms with Crippen LogP contribution in [-0.4, -0.2) is 29.6 Å². The van der Waals surface area contributed by atoms with Crippen molar-refractivity contribution in [3.63, 3.8) is 0 Å². The van der Waals surface area contributed by atoms with Crippen molar-refractivity contribution >= 4 is 0 Å². The molecule has 108 valence electrons. The number of rotatable bonds is 6. The highest BCUT2D eigenvalue weighted by Gasteiger charge is 2.36. The molecule has 1 aromatic heterocycles. The van der Waals surface area contributed by atoms with E-state index in [1.165, 1.54) is 0 Å². The first-order valence-electron chi connectivity index (χ1n) is 6.90. The second kappa shape index (κ2) is 6.36. The third-order valence-corrected chi connectivity index (χ3v) is 3.75. The molecule has 19 heavy (non-hydrogen) atoms. The van der Waals surface area contributed by atoms with E-state index in [2.05, 4.69) is 24.4 Å². The molecule has 1 aliphatic heterocycles. The summed E-state index contributed by atoms with van der Waals surface area (Å²) in [5.41, 5.74) is 3.86. The fourth-order valence-electron chi connectivity index (χ4n) is 2.71. The normalized spacial score (nSPS) is 24.6. The maximum atomic E-state index is 5.84. The number of ether oxygens (including phenoxy) is 2. The number of aryl methyl sites for hydroxylation is 1. The van der Waals surface area contributed by atoms with E-state index in [1.54, 1.807) is 13.3 Å². The van der Waals surface area contributed by atoms with Gasteiger partial charge in [0.2, 0.25) is 0 Å². The molecule has 1 saturated heterocycles. The molecule has 1 aliphatic rings. The first kappa shape index (κ1) is 14.3. The second-order valence-electron chi connectivity index (χ2n) is 5.07. The minimum absolute atomic E-state index is 0.0613. The Morgan fingerprint density at radius 3 is 3.00 bits per heavy atom. The van der Waals surface area contributed by atoms with E-state index in [9.17, 15) is 0 Å². The maximum Gasteiger partial charge on any atom is 0.161 e. The van der Waals surface area contributed by atoms with Crippen LogP contribution in [0.15, 0.2) is 6.20 Å². The van der Waals surface area contributed by atoms with Gasteiger partial charge in [0.05, 0.1) is 25.5 Å². The molecule has 3 N–H and O–H groups in total. The van der Waals surface area contributed by atoms with Gasteiger partial charge in [0.25, 0.3) is 0 Å². The number of nitrogens with one attached hydrogen (secondary N) is 1. The smallest absolute Gasteiger partial charge is 0.161 e. The molecule has 6 nitrogen and oxygen atoms in total. The van der Waals surface area contributed by atoms with Gasteiger partial charge in [0.1, 0.15) is 5.69 Å². The van der Waals surface area contributed by atoms with Crippen LogP contribution in [-0.2, 0) is 11.3 Å². The van der Waals surface area contributed by atoms with Crippen molar-refractivity contribution in [1.82, 2.24) is 15.2 Å². The lowest BCUT2D eigenvalue weighted by molar-refractivity contribution is 0.0570. The van der Waals surface area contributed by atoms with Crippen LogP contribution in [0.4, 0.5) is 0 Å². The van der Waals surface area contributed by atoms with Crippen LogP contribution in [0, 0.1) is 5.92 Å². The lowest BCUT2D eigenvalue weighted by Crippen LogP contribution is -2.40. The van der Waals surface area contributed by atoms with Crippen molar-refractivity contribution in [3.05, 3.63) is 11.9 Å². The average Bonchev–Trinajstić information content (AvgIpc) is 3.00. The van der Waals surface area contributed by atoms with E-state index in [0.29, 0.717) is 5.92 Å². The van der Waals surface area contributed by atoms with E-state index in [4.69, 9.17) is 15.3 Å². The van der Waals surface area contributed by atoms with Crippen LogP contribution < -0.4 is 16.0 Å². The predicted octanol–water partition coefficient (Wildman–Crippen LogP) is 1.23. The van der Waals surface area contributed by atoms with Crippen LogP contribution in [0.1, 0.15) is 38.4 Å². The van der Waals surface area contributed by atoms with Gasteiger partial charge >= 0.3 is 0 Å². The Hall–Kier alpha value is -1.11. The Kier molecular flexibility index (Phi) is 4.79. The van der Waals surface area contributed by atoms with Crippen LogP contribution in [0.25, 0.3) is 0 Å². The molecule has 0 radical (unpaired) electrons. The summed E-state index contributed by atoms with van der Waals surface area (Å²) in [4.78, 5) is 0. The molecule has 0 bridgehead atoms. The first-order chi connectivity index (χ1) is 9.22. The highest BCUT2D eigenvalue weighted by atomic mass is 16.5. The van der Waals surface area contributed by atoms with Crippen molar-refractivity contribution in [2.24, 2.45) is 11.8 Å². The monoisotopic (exact) mass is 268 g/mol. The predicted molar refractivity (Wildman–Crippen MR) is 72.7 cm³/mol. The molecule has 0 aliphatic carbocycles. The number of nitrogens with zero attached hydrogens (tertiary/aromatic N) is 2. The summed E-state index contributed by atoms with van der Waals surface area (Å²) in [6, 6.07) is -0.0958. The Morgan fingerprint density at radius 2 is 2.47 bits per heavy atom. The van der Waals surface area contributed by atoms with E-state index < -0.39 is 0 Å². The van der Waals surface area contributed by atoms with E-state index in [1.807, 2.05) is 4.68 Å². The SMILES string of the molecule is CCCn1ncc(OC)c1C(NN)C1OCCC1C. The summed E-state index contributed by atoms with van der Waals surface area (Å²) in [6.45, 7) is 5.94. The van der Waals surface area contributed by atoms with Gasteiger partial charge < -0.3 is 9.47 Å². The zero-order valence-electron chi connectivity index (χ0n) is 11.9. The molecule has 0 saturated carbocycles. The molecule has 0 amide bonds. The van der Waals surface area contributed by atoms with Crippen molar-refractivity contribution in [1.29, 1.82) is 0 Å². The summed E-state index contributed by atoms with van der Waals surface area (Å²) in [7, 11) is 1.66. The molecule has 0 spiro atoms. The summed E-state index contributed by atoms with van der Waals surface area (Å²) < 4.78 is 13.2. The molecule has 1 fully saturated rings. The fourth-order valence-corrected chi connectivity index (χ4v) is 2.71. The molecule has 0 aromatic carbocycles. The van der Waals surface area contributed by atoms with Crippen LogP contribution >= 0.6 is 0 Å². The molecular formula is C13H24N4O2. The van der Waals surface area contributed by atoms with Gasteiger partial charge in [-0.1, -0.05) is 13.8 Å². The largest absolute Gasteiger partial charge is 0.493 e. The van der Waals surface area contributed by atoms with Gasteiger partial charge in [0.15, 0.2) is 5.75 Å². The molecule has 2 heterocycles. The highest BCUT2D eigenvalue weighted by Crippen LogP contribution is 2.35. The van der Waals surface area contributed by atoms with Crippen LogP contribution in [0.5, 0.6) is 5.75 Å². The topological polar surface area (TPSA) is 74.3 Å². The van der Waals surface area contributed by atoms with Crippen LogP contribution in [0.3, 0.4) is 0 Å². The number of hydrogen-bond acceptors (Lipinski definition) is 5. The Morgan fingerprint density at radius 1 is 1.68 bits per heavy atom. The number of hydrazine groups is 1. The standard InChI is InChI=1S/C13H24N4O2/c1-4-6-17-12(10(18-3)8-15-17)11(16-14)13-9(2)5-7-19-13/h8-9,11,13,16H,4-7,14H2,1-3H3. The van der Waals surface area contributed by atoms with E-state index in [0.717, 1.165) is 37.4 Å². The third kappa shape index (κ3) is 2.75. The molecule has 3 unspecified atom stereocenters. The Labute approximate surface area is 114 Å². The lowest BCUT2D eigenvalue weighted by atomic mass is 9.95. The zero-order valence-corrected chi connectivity index (χ0v) is 11.9. The Balaban J connectivity index is 2.32. The minimum atomic E-state index is -0.0958. The summed E-state index contributed by atoms with van der Waals surface area (Å²) >= 11 is 0. The number of hydrogen-bond donors (Lipinski definition) is 2. The molecule has 6 heteroatoms. The van der Waals surface area contributed by atoms with Crippen LogP contribution in [0.2, 0.25) is 0 Å². The molecule has 1 aromatic rings. The average molecular weight is 268 g/mol. The minimum Gasteiger partial charge on any atom is -0.493 e. The fraction of sp³-hybridized carbons (Fsp3) is 0.769. The van der Waals surface area contributed by atoms with E-state index in [-0.39, 0.29) is 12.1 Å². The molecule has 3 atom stereocenters. The zero-order chi connectivity index (χ0) is 13.8. The lowest BCUT2D eigenvalue weighted by Gasteiger charge is -2.26. The van der Waals surface area contributed by atoms with Gasteiger partial charge in [-0.25, -0.2) is 5.43 Å². The van der Waals surface area contributed by atoms with Gasteiger partial charge in [-0.05, 0) is 18.8 Å². The van der Waals surface area contributed by atoms with Crippen molar-refractivity contribution in [3.8, 4) is 5.75 Å². The van der Waals surface area contributed by atoms with E-state index >= 15 is 0 Å². The number of nitrogens with two attached hydrogens (primary N) is 1. The van der Waals surface area contributed by atoms with Crippen molar-refractivity contribution in [2.45, 2.75) is 45.4 Å². The first-order valence-corrected chi connectivity index (χ1v) is 6.90. The van der Waals surface area contributed by atoms with Crippen molar-refractivity contribution in [2.75, 3.05) is 13.7 Å². The van der Waals surface area contributed by atoms with Gasteiger partial charge in [0, 0.05) is 13.2 Å².